The Morgan fingerprint density at radius 2 is 1.60 bits per heavy atom. The van der Waals surface area contributed by atoms with Crippen LogP contribution in [0.5, 0.6) is 0 Å². The molecular formula is C25H32N4O. The van der Waals surface area contributed by atoms with Gasteiger partial charge in [0.2, 0.25) is 0 Å². The van der Waals surface area contributed by atoms with E-state index in [1.165, 1.54) is 27.8 Å². The third-order valence-corrected chi connectivity index (χ3v) is 6.61. The van der Waals surface area contributed by atoms with Gasteiger partial charge in [0.25, 0.3) is 0 Å². The van der Waals surface area contributed by atoms with Gasteiger partial charge in [-0.15, -0.1) is 0 Å². The van der Waals surface area contributed by atoms with Crippen LogP contribution in [0, 0.1) is 0 Å². The van der Waals surface area contributed by atoms with Crippen molar-refractivity contribution >= 4 is 6.08 Å². The van der Waals surface area contributed by atoms with E-state index in [1.54, 1.807) is 0 Å². The maximum absolute atomic E-state index is 5.49. The highest BCUT2D eigenvalue weighted by Crippen LogP contribution is 2.33. The average molecular weight is 405 g/mol. The minimum Gasteiger partial charge on any atom is -0.379 e. The van der Waals surface area contributed by atoms with Gasteiger partial charge in [0, 0.05) is 69.7 Å². The van der Waals surface area contributed by atoms with E-state index in [4.69, 9.17) is 9.72 Å². The SMILES string of the molecule is CN1CCN(Cc2ccc(-c3nccc4c3C=C(CN3CCOCC3)C4)cc2)CC1. The van der Waals surface area contributed by atoms with E-state index in [0.29, 0.717) is 0 Å². The number of aromatic nitrogens is 1. The molecule has 0 amide bonds. The molecule has 0 unspecified atom stereocenters. The Hall–Kier alpha value is -2.05. The Kier molecular flexibility index (Phi) is 5.95. The number of rotatable bonds is 5. The van der Waals surface area contributed by atoms with Gasteiger partial charge in [-0.1, -0.05) is 35.9 Å². The lowest BCUT2D eigenvalue weighted by Crippen LogP contribution is -2.43. The van der Waals surface area contributed by atoms with Crippen LogP contribution in [0.1, 0.15) is 16.7 Å². The number of pyridine rings is 1. The van der Waals surface area contributed by atoms with Gasteiger partial charge in [-0.25, -0.2) is 0 Å². The number of nitrogens with zero attached hydrogens (tertiary/aromatic N) is 4. The molecule has 2 aromatic rings. The first-order chi connectivity index (χ1) is 14.7. The Balaban J connectivity index is 1.29. The zero-order valence-electron chi connectivity index (χ0n) is 18.0. The standard InChI is InChI=1S/C25H32N4O/c1-27-8-10-28(11-9-27)18-20-2-4-22(5-3-20)25-24-17-21(16-23(24)6-7-26-25)19-29-12-14-30-15-13-29/h2-7,17H,8-16,18-19H2,1H3. The highest BCUT2D eigenvalue weighted by atomic mass is 16.5. The predicted molar refractivity (Wildman–Crippen MR) is 121 cm³/mol. The molecule has 0 bridgehead atoms. The Morgan fingerprint density at radius 1 is 0.867 bits per heavy atom. The number of ether oxygens (including phenoxy) is 1. The molecule has 0 atom stereocenters. The third kappa shape index (κ3) is 4.49. The molecule has 2 aliphatic heterocycles. The summed E-state index contributed by atoms with van der Waals surface area (Å²) in [5, 5.41) is 0. The topological polar surface area (TPSA) is 31.8 Å². The quantitative estimate of drug-likeness (QED) is 0.765. The molecule has 2 fully saturated rings. The summed E-state index contributed by atoms with van der Waals surface area (Å²) in [4.78, 5) is 12.2. The highest BCUT2D eigenvalue weighted by Gasteiger charge is 2.20. The van der Waals surface area contributed by atoms with Crippen LogP contribution in [0.2, 0.25) is 0 Å². The number of morpholine rings is 1. The van der Waals surface area contributed by atoms with E-state index in [1.807, 2.05) is 6.20 Å². The molecule has 0 radical (unpaired) electrons. The van der Waals surface area contributed by atoms with Crippen molar-refractivity contribution in [3.63, 3.8) is 0 Å². The normalized spacial score (nSPS) is 20.9. The van der Waals surface area contributed by atoms with Gasteiger partial charge in [0.1, 0.15) is 0 Å². The molecule has 0 N–H and O–H groups in total. The van der Waals surface area contributed by atoms with Crippen molar-refractivity contribution in [3.05, 3.63) is 58.8 Å². The maximum atomic E-state index is 5.49. The molecule has 3 aliphatic rings. The fraction of sp³-hybridized carbons (Fsp3) is 0.480. The number of hydrogen-bond acceptors (Lipinski definition) is 5. The van der Waals surface area contributed by atoms with Crippen LogP contribution in [0.3, 0.4) is 0 Å². The summed E-state index contributed by atoms with van der Waals surface area (Å²) in [6, 6.07) is 11.2. The number of benzene rings is 1. The van der Waals surface area contributed by atoms with E-state index in [0.717, 1.165) is 77.7 Å². The first-order valence-electron chi connectivity index (χ1n) is 11.2. The van der Waals surface area contributed by atoms with Crippen LogP contribution >= 0.6 is 0 Å². The molecule has 1 aromatic heterocycles. The number of piperazine rings is 1. The third-order valence-electron chi connectivity index (χ3n) is 6.61. The minimum absolute atomic E-state index is 0.855. The van der Waals surface area contributed by atoms with Gasteiger partial charge in [-0.2, -0.15) is 0 Å². The van der Waals surface area contributed by atoms with Crippen molar-refractivity contribution < 1.29 is 4.74 Å². The molecule has 1 aromatic carbocycles. The van der Waals surface area contributed by atoms with Crippen LogP contribution in [0.15, 0.2) is 42.1 Å². The summed E-state index contributed by atoms with van der Waals surface area (Å²) in [5.74, 6) is 0. The summed E-state index contributed by atoms with van der Waals surface area (Å²) >= 11 is 0. The monoisotopic (exact) mass is 404 g/mol. The van der Waals surface area contributed by atoms with E-state index in [2.05, 4.69) is 58.2 Å². The summed E-state index contributed by atoms with van der Waals surface area (Å²) in [6.07, 6.45) is 5.40. The number of hydrogen-bond donors (Lipinski definition) is 0. The molecule has 3 heterocycles. The molecule has 0 spiro atoms. The Bertz CT molecular complexity index is 894. The van der Waals surface area contributed by atoms with Crippen molar-refractivity contribution in [2.24, 2.45) is 0 Å². The van der Waals surface area contributed by atoms with Gasteiger partial charge >= 0.3 is 0 Å². The first kappa shape index (κ1) is 19.9. The van der Waals surface area contributed by atoms with Crippen LogP contribution in [0.25, 0.3) is 17.3 Å². The van der Waals surface area contributed by atoms with Crippen LogP contribution < -0.4 is 0 Å². The summed E-state index contributed by atoms with van der Waals surface area (Å²) < 4.78 is 5.49. The van der Waals surface area contributed by atoms with E-state index in [-0.39, 0.29) is 0 Å². The molecule has 158 valence electrons. The van der Waals surface area contributed by atoms with Crippen molar-refractivity contribution in [1.82, 2.24) is 19.7 Å². The molecule has 0 saturated carbocycles. The largest absolute Gasteiger partial charge is 0.379 e. The first-order valence-corrected chi connectivity index (χ1v) is 11.2. The zero-order valence-corrected chi connectivity index (χ0v) is 18.0. The second-order valence-corrected chi connectivity index (χ2v) is 8.88. The molecule has 1 aliphatic carbocycles. The lowest BCUT2D eigenvalue weighted by molar-refractivity contribution is 0.0422. The number of likely N-dealkylation sites (N-methyl/N-ethyl adjacent to an activating group) is 1. The van der Waals surface area contributed by atoms with Crippen LogP contribution in [0.4, 0.5) is 0 Å². The molecule has 30 heavy (non-hydrogen) atoms. The second-order valence-electron chi connectivity index (χ2n) is 8.88. The molecule has 5 nitrogen and oxygen atoms in total. The Labute approximate surface area is 180 Å². The van der Waals surface area contributed by atoms with Gasteiger partial charge < -0.3 is 9.64 Å². The summed E-state index contributed by atoms with van der Waals surface area (Å²) in [6.45, 7) is 10.5. The molecule has 5 heteroatoms. The Morgan fingerprint density at radius 3 is 2.37 bits per heavy atom. The van der Waals surface area contributed by atoms with Gasteiger partial charge in [-0.05, 0) is 30.7 Å². The fourth-order valence-corrected chi connectivity index (χ4v) is 4.74. The molecular weight excluding hydrogens is 372 g/mol. The minimum atomic E-state index is 0.855. The van der Waals surface area contributed by atoms with Crippen LogP contribution in [-0.2, 0) is 17.7 Å². The second kappa shape index (κ2) is 8.98. The smallest absolute Gasteiger partial charge is 0.0777 e. The van der Waals surface area contributed by atoms with Crippen molar-refractivity contribution in [2.75, 3.05) is 66.1 Å². The van der Waals surface area contributed by atoms with Crippen molar-refractivity contribution in [1.29, 1.82) is 0 Å². The number of fused-ring (bicyclic) bond motifs is 1. The predicted octanol–water partition coefficient (Wildman–Crippen LogP) is 2.77. The summed E-state index contributed by atoms with van der Waals surface area (Å²) in [5.41, 5.74) is 7.94. The van der Waals surface area contributed by atoms with Crippen LogP contribution in [-0.4, -0.2) is 85.8 Å². The van der Waals surface area contributed by atoms with E-state index >= 15 is 0 Å². The summed E-state index contributed by atoms with van der Waals surface area (Å²) in [7, 11) is 2.21. The lowest BCUT2D eigenvalue weighted by atomic mass is 10.0. The highest BCUT2D eigenvalue weighted by molar-refractivity contribution is 5.78. The molecule has 5 rings (SSSR count). The van der Waals surface area contributed by atoms with E-state index in [9.17, 15) is 0 Å². The molecule has 2 saturated heterocycles. The zero-order chi connectivity index (χ0) is 20.3. The van der Waals surface area contributed by atoms with E-state index < -0.39 is 0 Å². The van der Waals surface area contributed by atoms with Gasteiger partial charge in [0.15, 0.2) is 0 Å². The lowest BCUT2D eigenvalue weighted by Gasteiger charge is -2.32. The van der Waals surface area contributed by atoms with Crippen molar-refractivity contribution in [3.8, 4) is 11.3 Å². The van der Waals surface area contributed by atoms with Gasteiger partial charge in [0.05, 0.1) is 18.9 Å². The maximum Gasteiger partial charge on any atom is 0.0777 e. The average Bonchev–Trinajstić information content (AvgIpc) is 3.19. The fourth-order valence-electron chi connectivity index (χ4n) is 4.74. The van der Waals surface area contributed by atoms with Gasteiger partial charge in [-0.3, -0.25) is 14.8 Å². The van der Waals surface area contributed by atoms with Crippen molar-refractivity contribution in [2.45, 2.75) is 13.0 Å².